The first-order valence-corrected chi connectivity index (χ1v) is 15.3. The van der Waals surface area contributed by atoms with Crippen molar-refractivity contribution in [1.29, 1.82) is 0 Å². The number of unbranched alkanes of at least 4 members (excludes halogenated alkanes) is 6. The normalized spacial score (nSPS) is 15.8. The number of rotatable bonds is 24. The van der Waals surface area contributed by atoms with Gasteiger partial charge < -0.3 is 0 Å². The second kappa shape index (κ2) is 20.1. The van der Waals surface area contributed by atoms with Gasteiger partial charge in [0.05, 0.1) is 11.2 Å². The molecule has 0 rings (SSSR count). The monoisotopic (exact) mass is 468 g/mol. The first kappa shape index (κ1) is 32.9. The molecule has 0 spiro atoms. The van der Waals surface area contributed by atoms with Crippen LogP contribution in [-0.4, -0.2) is 53.7 Å². The molecule has 2 unspecified atom stereocenters. The molecule has 0 saturated heterocycles. The van der Waals surface area contributed by atoms with Crippen LogP contribution in [0.25, 0.3) is 0 Å². The van der Waals surface area contributed by atoms with E-state index in [4.69, 9.17) is 0 Å². The van der Waals surface area contributed by atoms with Crippen molar-refractivity contribution in [2.75, 3.05) is 32.7 Å². The first-order valence-electron chi connectivity index (χ1n) is 15.3. The van der Waals surface area contributed by atoms with Crippen LogP contribution in [-0.2, 0) is 0 Å². The van der Waals surface area contributed by atoms with Gasteiger partial charge in [0.15, 0.2) is 0 Å². The molecule has 33 heavy (non-hydrogen) atoms. The molecule has 0 aromatic heterocycles. The summed E-state index contributed by atoms with van der Waals surface area (Å²) in [6.07, 6.45) is 19.3. The van der Waals surface area contributed by atoms with Crippen LogP contribution >= 0.6 is 0 Å². The van der Waals surface area contributed by atoms with Crippen LogP contribution in [0.4, 0.5) is 0 Å². The fourth-order valence-electron chi connectivity index (χ4n) is 5.94. The van der Waals surface area contributed by atoms with Crippen molar-refractivity contribution in [3.63, 3.8) is 0 Å². The van der Waals surface area contributed by atoms with Crippen molar-refractivity contribution in [3.8, 4) is 0 Å². The maximum Gasteiger partial charge on any atom is 0.0898 e. The summed E-state index contributed by atoms with van der Waals surface area (Å²) in [6.45, 7) is 25.2. The summed E-state index contributed by atoms with van der Waals surface area (Å²) in [4.78, 5) is 5.93. The summed E-state index contributed by atoms with van der Waals surface area (Å²) in [6, 6.07) is 0. The van der Waals surface area contributed by atoms with Gasteiger partial charge in [-0.3, -0.25) is 15.1 Å². The van der Waals surface area contributed by atoms with Gasteiger partial charge in [-0.15, -0.1) is 0 Å². The number of nitrogens with zero attached hydrogens (tertiary/aromatic N) is 2. The van der Waals surface area contributed by atoms with E-state index in [1.807, 2.05) is 0 Å². The van der Waals surface area contributed by atoms with Crippen LogP contribution < -0.4 is 5.32 Å². The summed E-state index contributed by atoms with van der Waals surface area (Å²) in [5.41, 5.74) is 0.245. The van der Waals surface area contributed by atoms with Gasteiger partial charge in [-0.25, -0.2) is 0 Å². The molecule has 3 heteroatoms. The lowest BCUT2D eigenvalue weighted by Gasteiger charge is -2.61. The predicted molar refractivity (Wildman–Crippen MR) is 151 cm³/mol. The summed E-state index contributed by atoms with van der Waals surface area (Å²) in [5.74, 6) is 0. The van der Waals surface area contributed by atoms with Crippen molar-refractivity contribution in [3.05, 3.63) is 0 Å². The molecule has 0 saturated carbocycles. The molecule has 0 amide bonds. The Kier molecular flexibility index (Phi) is 20.0. The van der Waals surface area contributed by atoms with E-state index in [-0.39, 0.29) is 11.2 Å². The number of hydrogen-bond donors (Lipinski definition) is 1. The standard InChI is InChI=1S/C30H65N3/c1-9-17-23-29(15-7,32(25-19-11-3)26-20-12-4)30(16-8,31-24-18-10-2)33(27-21-13-5)28-22-14-6/h31H,9-28H2,1-8H3. The molecule has 0 heterocycles. The Labute approximate surface area is 210 Å². The van der Waals surface area contributed by atoms with E-state index >= 15 is 0 Å². The average molecular weight is 468 g/mol. The van der Waals surface area contributed by atoms with Gasteiger partial charge in [0.2, 0.25) is 0 Å². The maximum absolute atomic E-state index is 4.32. The van der Waals surface area contributed by atoms with Crippen LogP contribution in [0.5, 0.6) is 0 Å². The lowest BCUT2D eigenvalue weighted by molar-refractivity contribution is -0.110. The topological polar surface area (TPSA) is 18.5 Å². The molecule has 0 aliphatic rings. The molecule has 0 aromatic rings. The largest absolute Gasteiger partial charge is 0.298 e. The third-order valence-corrected chi connectivity index (χ3v) is 8.03. The molecule has 200 valence electrons. The average Bonchev–Trinajstić information content (AvgIpc) is 2.84. The van der Waals surface area contributed by atoms with Gasteiger partial charge in [0, 0.05) is 0 Å². The molecule has 0 aliphatic carbocycles. The lowest BCUT2D eigenvalue weighted by Crippen LogP contribution is -2.77. The van der Waals surface area contributed by atoms with Gasteiger partial charge in [-0.05, 0) is 84.1 Å². The summed E-state index contributed by atoms with van der Waals surface area (Å²) >= 11 is 0. The van der Waals surface area contributed by atoms with E-state index < -0.39 is 0 Å². The van der Waals surface area contributed by atoms with Crippen LogP contribution in [0.1, 0.15) is 152 Å². The van der Waals surface area contributed by atoms with E-state index in [9.17, 15) is 0 Å². The van der Waals surface area contributed by atoms with Crippen LogP contribution in [0.3, 0.4) is 0 Å². The first-order chi connectivity index (χ1) is 16.0. The highest BCUT2D eigenvalue weighted by molar-refractivity contribution is 5.10. The fraction of sp³-hybridized carbons (Fsp3) is 1.00. The summed E-state index contributed by atoms with van der Waals surface area (Å²) in [5, 5.41) is 4.32. The van der Waals surface area contributed by atoms with Gasteiger partial charge in [-0.1, -0.05) is 100 Å². The zero-order valence-corrected chi connectivity index (χ0v) is 24.5. The smallest absolute Gasteiger partial charge is 0.0898 e. The maximum atomic E-state index is 4.32. The van der Waals surface area contributed by atoms with Gasteiger partial charge in [0.25, 0.3) is 0 Å². The van der Waals surface area contributed by atoms with Gasteiger partial charge >= 0.3 is 0 Å². The Morgan fingerprint density at radius 1 is 0.485 bits per heavy atom. The predicted octanol–water partition coefficient (Wildman–Crippen LogP) is 8.63. The van der Waals surface area contributed by atoms with Crippen molar-refractivity contribution in [1.82, 2.24) is 15.1 Å². The minimum absolute atomic E-state index is 0.0535. The Morgan fingerprint density at radius 3 is 1.27 bits per heavy atom. The molecule has 0 bridgehead atoms. The van der Waals surface area contributed by atoms with E-state index in [1.165, 1.54) is 122 Å². The summed E-state index contributed by atoms with van der Waals surface area (Å²) < 4.78 is 0. The Morgan fingerprint density at radius 2 is 0.909 bits per heavy atom. The molecular weight excluding hydrogens is 402 g/mol. The third-order valence-electron chi connectivity index (χ3n) is 8.03. The molecule has 0 fully saturated rings. The Hall–Kier alpha value is -0.120. The van der Waals surface area contributed by atoms with Crippen molar-refractivity contribution < 1.29 is 0 Å². The molecule has 0 radical (unpaired) electrons. The quantitative estimate of drug-likeness (QED) is 0.113. The molecular formula is C30H65N3. The zero-order valence-electron chi connectivity index (χ0n) is 24.5. The Balaban J connectivity index is 6.73. The van der Waals surface area contributed by atoms with Crippen molar-refractivity contribution in [2.45, 2.75) is 163 Å². The lowest BCUT2D eigenvalue weighted by atomic mass is 9.72. The van der Waals surface area contributed by atoms with Gasteiger partial charge in [0.1, 0.15) is 0 Å². The number of hydrogen-bond acceptors (Lipinski definition) is 3. The van der Waals surface area contributed by atoms with E-state index in [2.05, 4.69) is 70.5 Å². The highest BCUT2D eigenvalue weighted by Gasteiger charge is 2.54. The molecule has 0 aromatic carbocycles. The molecule has 3 nitrogen and oxygen atoms in total. The third kappa shape index (κ3) is 9.80. The van der Waals surface area contributed by atoms with E-state index in [0.29, 0.717) is 0 Å². The van der Waals surface area contributed by atoms with Crippen LogP contribution in [0.2, 0.25) is 0 Å². The second-order valence-corrected chi connectivity index (χ2v) is 10.4. The van der Waals surface area contributed by atoms with E-state index in [0.717, 1.165) is 6.54 Å². The van der Waals surface area contributed by atoms with Crippen molar-refractivity contribution in [2.24, 2.45) is 0 Å². The number of nitrogens with one attached hydrogen (secondary N) is 1. The van der Waals surface area contributed by atoms with Crippen LogP contribution in [0.15, 0.2) is 0 Å². The fourth-order valence-corrected chi connectivity index (χ4v) is 5.94. The Bertz CT molecular complexity index is 411. The molecule has 0 aliphatic heterocycles. The highest BCUT2D eigenvalue weighted by atomic mass is 15.4. The van der Waals surface area contributed by atoms with Crippen molar-refractivity contribution >= 4 is 0 Å². The highest BCUT2D eigenvalue weighted by Crippen LogP contribution is 2.42. The SMILES string of the molecule is CCCCNC(CC)(N(CCCC)CCCC)C(CC)(CCCC)N(CCCC)CCCC. The van der Waals surface area contributed by atoms with E-state index in [1.54, 1.807) is 0 Å². The molecule has 1 N–H and O–H groups in total. The minimum Gasteiger partial charge on any atom is -0.298 e. The summed E-state index contributed by atoms with van der Waals surface area (Å²) in [7, 11) is 0. The minimum atomic E-state index is 0.0535. The van der Waals surface area contributed by atoms with Crippen LogP contribution in [0, 0.1) is 0 Å². The zero-order chi connectivity index (χ0) is 25.0. The second-order valence-electron chi connectivity index (χ2n) is 10.4. The van der Waals surface area contributed by atoms with Gasteiger partial charge in [-0.2, -0.15) is 0 Å². The molecule has 2 atom stereocenters.